The first-order valence-corrected chi connectivity index (χ1v) is 10.3. The normalized spacial score (nSPS) is 23.5. The Kier molecular flexibility index (Phi) is 5.54. The molecule has 2 fully saturated rings. The smallest absolute Gasteiger partial charge is 0.389 e. The zero-order valence-corrected chi connectivity index (χ0v) is 17.5. The third-order valence-corrected chi connectivity index (χ3v) is 6.42. The molecule has 0 radical (unpaired) electrons. The van der Waals surface area contributed by atoms with E-state index in [2.05, 4.69) is 16.8 Å². The minimum atomic E-state index is -0.401. The summed E-state index contributed by atoms with van der Waals surface area (Å²) in [6.07, 6.45) is 2.88. The number of aromatic nitrogens is 2. The summed E-state index contributed by atoms with van der Waals surface area (Å²) in [5.41, 5.74) is 0.852. The number of carbonyl (C=O) groups is 1. The molecule has 0 N–H and O–H groups in total. The maximum atomic E-state index is 12.9. The molecule has 2 heterocycles. The van der Waals surface area contributed by atoms with Gasteiger partial charge in [-0.2, -0.15) is 0 Å². The number of likely N-dealkylation sites (tertiary alicyclic amines) is 1. The molecule has 2 unspecified atom stereocenters. The van der Waals surface area contributed by atoms with Gasteiger partial charge < -0.3 is 19.1 Å². The maximum Gasteiger partial charge on any atom is 0.416 e. The van der Waals surface area contributed by atoms with Gasteiger partial charge in [-0.05, 0) is 42.0 Å². The van der Waals surface area contributed by atoms with Gasteiger partial charge >= 0.3 is 6.09 Å². The van der Waals surface area contributed by atoms with Gasteiger partial charge in [0.15, 0.2) is 0 Å². The van der Waals surface area contributed by atoms with Crippen LogP contribution in [0.5, 0.6) is 5.88 Å². The average molecular weight is 423 g/mol. The number of hydrogen-bond donors (Lipinski definition) is 0. The van der Waals surface area contributed by atoms with E-state index in [0.29, 0.717) is 46.8 Å². The highest BCUT2D eigenvalue weighted by atomic mass is 35.5. The molecule has 1 aromatic heterocycles. The Morgan fingerprint density at radius 2 is 2.07 bits per heavy atom. The molecule has 2 aliphatic rings. The van der Waals surface area contributed by atoms with Crippen molar-refractivity contribution < 1.29 is 9.53 Å². The molecule has 1 aliphatic heterocycles. The Balaban J connectivity index is 1.47. The SMILES string of the molecule is CCN1CC2C(C1)C2CN(Cc1ccc(Cl)cc1Cl)C(=O)Oc1cn(C)cn1. The molecular weight excluding hydrogens is 399 g/mol. The lowest BCUT2D eigenvalue weighted by atomic mass is 10.2. The first-order chi connectivity index (χ1) is 13.4. The predicted octanol–water partition coefficient (Wildman–Crippen LogP) is 3.93. The number of rotatable bonds is 6. The van der Waals surface area contributed by atoms with E-state index in [-0.39, 0.29) is 0 Å². The summed E-state index contributed by atoms with van der Waals surface area (Å²) in [5, 5.41) is 1.13. The van der Waals surface area contributed by atoms with Crippen LogP contribution in [0.25, 0.3) is 0 Å². The number of amides is 1. The van der Waals surface area contributed by atoms with Crippen LogP contribution < -0.4 is 4.74 Å². The zero-order valence-electron chi connectivity index (χ0n) is 16.0. The number of benzene rings is 1. The number of imidazole rings is 1. The van der Waals surface area contributed by atoms with Gasteiger partial charge in [0.05, 0.1) is 19.1 Å². The lowest BCUT2D eigenvalue weighted by molar-refractivity contribution is 0.141. The molecule has 8 heteroatoms. The molecule has 1 aromatic carbocycles. The van der Waals surface area contributed by atoms with Crippen molar-refractivity contribution in [2.24, 2.45) is 24.8 Å². The van der Waals surface area contributed by atoms with Crippen molar-refractivity contribution in [1.29, 1.82) is 0 Å². The Morgan fingerprint density at radius 1 is 1.32 bits per heavy atom. The highest BCUT2D eigenvalue weighted by Crippen LogP contribution is 2.52. The first kappa shape index (κ1) is 19.6. The molecule has 0 bridgehead atoms. The molecule has 2 aromatic rings. The predicted molar refractivity (Wildman–Crippen MR) is 109 cm³/mol. The minimum absolute atomic E-state index is 0.299. The lowest BCUT2D eigenvalue weighted by Gasteiger charge is -2.24. The molecule has 6 nitrogen and oxygen atoms in total. The van der Waals surface area contributed by atoms with Gasteiger partial charge in [-0.15, -0.1) is 0 Å². The van der Waals surface area contributed by atoms with Crippen molar-refractivity contribution >= 4 is 29.3 Å². The number of carbonyl (C=O) groups excluding carboxylic acids is 1. The maximum absolute atomic E-state index is 12.9. The van der Waals surface area contributed by atoms with Crippen LogP contribution in [0.4, 0.5) is 4.79 Å². The summed E-state index contributed by atoms with van der Waals surface area (Å²) < 4.78 is 7.25. The van der Waals surface area contributed by atoms with Crippen molar-refractivity contribution in [3.63, 3.8) is 0 Å². The summed E-state index contributed by atoms with van der Waals surface area (Å²) in [4.78, 5) is 21.2. The fourth-order valence-electron chi connectivity index (χ4n) is 4.17. The number of ether oxygens (including phenoxy) is 1. The second-order valence-electron chi connectivity index (χ2n) is 7.71. The van der Waals surface area contributed by atoms with Gasteiger partial charge in [0, 0.05) is 36.7 Å². The van der Waals surface area contributed by atoms with Crippen LogP contribution >= 0.6 is 23.2 Å². The van der Waals surface area contributed by atoms with Crippen LogP contribution in [0.3, 0.4) is 0 Å². The third-order valence-electron chi connectivity index (χ3n) is 5.83. The van der Waals surface area contributed by atoms with Gasteiger partial charge in [0.1, 0.15) is 0 Å². The molecule has 4 rings (SSSR count). The van der Waals surface area contributed by atoms with Gasteiger partial charge in [0.25, 0.3) is 0 Å². The summed E-state index contributed by atoms with van der Waals surface area (Å²) in [5.74, 6) is 2.16. The summed E-state index contributed by atoms with van der Waals surface area (Å²) >= 11 is 12.3. The third kappa shape index (κ3) is 4.14. The van der Waals surface area contributed by atoms with E-state index in [1.165, 1.54) is 0 Å². The van der Waals surface area contributed by atoms with E-state index in [9.17, 15) is 4.79 Å². The fourth-order valence-corrected chi connectivity index (χ4v) is 4.64. The standard InChI is InChI=1S/C20H24Cl2N4O2/c1-3-25-8-15-16(9-25)17(15)10-26(7-13-4-5-14(21)6-18(13)22)20(27)28-19-11-24(2)12-23-19/h4-6,11-12,15-17H,3,7-10H2,1-2H3. The number of nitrogens with zero attached hydrogens (tertiary/aromatic N) is 4. The van der Waals surface area contributed by atoms with E-state index in [1.807, 2.05) is 13.1 Å². The zero-order chi connectivity index (χ0) is 19.8. The molecule has 28 heavy (non-hydrogen) atoms. The fraction of sp³-hybridized carbons (Fsp3) is 0.500. The number of hydrogen-bond acceptors (Lipinski definition) is 4. The lowest BCUT2D eigenvalue weighted by Crippen LogP contribution is -2.37. The molecule has 1 aliphatic carbocycles. The Hall–Kier alpha value is -1.76. The molecule has 1 saturated heterocycles. The highest BCUT2D eigenvalue weighted by Gasteiger charge is 2.55. The average Bonchev–Trinajstić information content (AvgIpc) is 3.00. The Bertz CT molecular complexity index is 860. The van der Waals surface area contributed by atoms with Crippen molar-refractivity contribution in [3.8, 4) is 5.88 Å². The number of halogens is 2. The van der Waals surface area contributed by atoms with E-state index >= 15 is 0 Å². The van der Waals surface area contributed by atoms with Crippen LogP contribution in [-0.4, -0.2) is 51.6 Å². The van der Waals surface area contributed by atoms with E-state index in [0.717, 1.165) is 25.2 Å². The molecule has 1 saturated carbocycles. The second kappa shape index (κ2) is 7.93. The van der Waals surface area contributed by atoms with Gasteiger partial charge in [-0.3, -0.25) is 0 Å². The molecular formula is C20H24Cl2N4O2. The first-order valence-electron chi connectivity index (χ1n) is 9.55. The molecule has 2 atom stereocenters. The Morgan fingerprint density at radius 3 is 2.68 bits per heavy atom. The molecule has 150 valence electrons. The topological polar surface area (TPSA) is 50.6 Å². The number of aryl methyl sites for hydroxylation is 1. The van der Waals surface area contributed by atoms with E-state index < -0.39 is 6.09 Å². The van der Waals surface area contributed by atoms with Crippen LogP contribution in [0, 0.1) is 17.8 Å². The monoisotopic (exact) mass is 422 g/mol. The van der Waals surface area contributed by atoms with Crippen LogP contribution in [0.2, 0.25) is 10.0 Å². The van der Waals surface area contributed by atoms with Gasteiger partial charge in [-0.25, -0.2) is 9.78 Å². The largest absolute Gasteiger partial charge is 0.416 e. The van der Waals surface area contributed by atoms with Crippen LogP contribution in [0.15, 0.2) is 30.7 Å². The summed E-state index contributed by atoms with van der Waals surface area (Å²) in [6, 6.07) is 5.35. The quantitative estimate of drug-likeness (QED) is 0.707. The van der Waals surface area contributed by atoms with Gasteiger partial charge in [0.2, 0.25) is 5.88 Å². The summed E-state index contributed by atoms with van der Waals surface area (Å²) in [7, 11) is 1.83. The minimum Gasteiger partial charge on any atom is -0.389 e. The van der Waals surface area contributed by atoms with Gasteiger partial charge in [-0.1, -0.05) is 36.2 Å². The number of fused-ring (bicyclic) bond motifs is 1. The summed E-state index contributed by atoms with van der Waals surface area (Å²) in [6.45, 7) is 6.57. The van der Waals surface area contributed by atoms with Crippen LogP contribution in [0.1, 0.15) is 12.5 Å². The second-order valence-corrected chi connectivity index (χ2v) is 8.55. The van der Waals surface area contributed by atoms with E-state index in [4.69, 9.17) is 27.9 Å². The van der Waals surface area contributed by atoms with E-state index in [1.54, 1.807) is 34.1 Å². The highest BCUT2D eigenvalue weighted by molar-refractivity contribution is 6.35. The molecule has 0 spiro atoms. The van der Waals surface area contributed by atoms with Crippen molar-refractivity contribution in [2.45, 2.75) is 13.5 Å². The number of piperidine rings is 1. The van der Waals surface area contributed by atoms with Crippen molar-refractivity contribution in [2.75, 3.05) is 26.2 Å². The Labute approximate surface area is 175 Å². The van der Waals surface area contributed by atoms with Crippen molar-refractivity contribution in [1.82, 2.24) is 19.4 Å². The molecule has 1 amide bonds. The van der Waals surface area contributed by atoms with Crippen LogP contribution in [-0.2, 0) is 13.6 Å². The van der Waals surface area contributed by atoms with Crippen molar-refractivity contribution in [3.05, 3.63) is 46.3 Å².